The highest BCUT2D eigenvalue weighted by Gasteiger charge is 1.92. The van der Waals surface area contributed by atoms with Crippen LogP contribution < -0.4 is 11.0 Å². The highest BCUT2D eigenvalue weighted by atomic mass is 16.3. The van der Waals surface area contributed by atoms with Gasteiger partial charge in [0.2, 0.25) is 5.95 Å². The van der Waals surface area contributed by atoms with Crippen LogP contribution in [0.1, 0.15) is 5.56 Å². The number of aromatic nitrogens is 3. The summed E-state index contributed by atoms with van der Waals surface area (Å²) in [7, 11) is 0. The van der Waals surface area contributed by atoms with Crippen molar-refractivity contribution in [3.05, 3.63) is 46.4 Å². The lowest BCUT2D eigenvalue weighted by molar-refractivity contribution is 0.475. The van der Waals surface area contributed by atoms with E-state index < -0.39 is 0 Å². The summed E-state index contributed by atoms with van der Waals surface area (Å²) in [5.74, 6) is 0.302. The average molecular weight is 231 g/mol. The highest BCUT2D eigenvalue weighted by Crippen LogP contribution is 2.08. The van der Waals surface area contributed by atoms with Crippen molar-refractivity contribution in [1.82, 2.24) is 15.2 Å². The van der Waals surface area contributed by atoms with Crippen LogP contribution in [-0.2, 0) is 0 Å². The Morgan fingerprint density at radius 3 is 3.12 bits per heavy atom. The van der Waals surface area contributed by atoms with Gasteiger partial charge in [-0.05, 0) is 17.7 Å². The van der Waals surface area contributed by atoms with Crippen LogP contribution in [0.15, 0.2) is 40.4 Å². The van der Waals surface area contributed by atoms with Gasteiger partial charge in [0.15, 0.2) is 0 Å². The van der Waals surface area contributed by atoms with Crippen LogP contribution in [0.25, 0.3) is 0 Å². The molecule has 0 saturated carbocycles. The van der Waals surface area contributed by atoms with E-state index in [1.165, 1.54) is 6.21 Å². The fraction of sp³-hybridized carbons (Fsp3) is 0. The molecular weight excluding hydrogens is 222 g/mol. The minimum absolute atomic E-state index is 0.147. The molecule has 0 bridgehead atoms. The van der Waals surface area contributed by atoms with Crippen molar-refractivity contribution >= 4 is 12.2 Å². The van der Waals surface area contributed by atoms with Gasteiger partial charge in [-0.3, -0.25) is 9.78 Å². The van der Waals surface area contributed by atoms with E-state index in [1.54, 1.807) is 24.3 Å². The number of H-pyrrole nitrogens is 1. The maximum absolute atomic E-state index is 10.9. The number of hydrazone groups is 1. The Kier molecular flexibility index (Phi) is 3.10. The first kappa shape index (κ1) is 10.8. The Morgan fingerprint density at radius 1 is 1.47 bits per heavy atom. The first-order valence-corrected chi connectivity index (χ1v) is 4.74. The van der Waals surface area contributed by atoms with Crippen LogP contribution in [-0.4, -0.2) is 26.5 Å². The lowest BCUT2D eigenvalue weighted by atomic mass is 10.2. The third-order valence-corrected chi connectivity index (χ3v) is 1.83. The third kappa shape index (κ3) is 3.13. The molecule has 0 aliphatic rings. The van der Waals surface area contributed by atoms with Gasteiger partial charge in [-0.25, -0.2) is 5.43 Å². The molecule has 0 saturated heterocycles. The minimum Gasteiger partial charge on any atom is -0.508 e. The molecule has 0 aliphatic carbocycles. The molecule has 0 radical (unpaired) electrons. The Labute approximate surface area is 95.9 Å². The molecule has 1 aromatic carbocycles. The molecule has 1 heterocycles. The fourth-order valence-electron chi connectivity index (χ4n) is 1.14. The summed E-state index contributed by atoms with van der Waals surface area (Å²) in [6, 6.07) is 6.57. The predicted octanol–water partition coefficient (Wildman–Crippen LogP) is 0.316. The largest absolute Gasteiger partial charge is 0.508 e. The van der Waals surface area contributed by atoms with E-state index in [0.717, 1.165) is 6.20 Å². The number of benzene rings is 1. The molecule has 17 heavy (non-hydrogen) atoms. The molecule has 3 N–H and O–H groups in total. The summed E-state index contributed by atoms with van der Waals surface area (Å²) in [6.45, 7) is 0. The number of anilines is 1. The zero-order valence-corrected chi connectivity index (χ0v) is 8.66. The predicted molar refractivity (Wildman–Crippen MR) is 62.0 cm³/mol. The van der Waals surface area contributed by atoms with E-state index in [2.05, 4.69) is 25.7 Å². The highest BCUT2D eigenvalue weighted by molar-refractivity contribution is 5.80. The summed E-state index contributed by atoms with van der Waals surface area (Å²) in [6.07, 6.45) is 2.54. The number of nitrogens with zero attached hydrogens (tertiary/aromatic N) is 3. The third-order valence-electron chi connectivity index (χ3n) is 1.83. The molecule has 2 rings (SSSR count). The zero-order valence-electron chi connectivity index (χ0n) is 8.66. The summed E-state index contributed by atoms with van der Waals surface area (Å²) in [5.41, 5.74) is 2.86. The number of rotatable bonds is 3. The van der Waals surface area contributed by atoms with E-state index in [0.29, 0.717) is 5.56 Å². The van der Waals surface area contributed by atoms with Crippen LogP contribution in [0.2, 0.25) is 0 Å². The van der Waals surface area contributed by atoms with Crippen LogP contribution >= 0.6 is 0 Å². The number of hydrogen-bond acceptors (Lipinski definition) is 6. The molecule has 0 fully saturated rings. The molecule has 0 aliphatic heterocycles. The number of hydrogen-bond donors (Lipinski definition) is 3. The van der Waals surface area contributed by atoms with Gasteiger partial charge in [0.1, 0.15) is 11.9 Å². The van der Waals surface area contributed by atoms with E-state index >= 15 is 0 Å². The molecule has 1 aromatic heterocycles. The number of aromatic hydroxyl groups is 1. The lowest BCUT2D eigenvalue weighted by Gasteiger charge is -1.97. The monoisotopic (exact) mass is 231 g/mol. The van der Waals surface area contributed by atoms with E-state index in [1.807, 2.05) is 0 Å². The maximum Gasteiger partial charge on any atom is 0.271 e. The van der Waals surface area contributed by atoms with Crippen molar-refractivity contribution in [2.24, 2.45) is 5.10 Å². The van der Waals surface area contributed by atoms with Crippen molar-refractivity contribution in [2.45, 2.75) is 0 Å². The van der Waals surface area contributed by atoms with Crippen LogP contribution in [0, 0.1) is 0 Å². The smallest absolute Gasteiger partial charge is 0.271 e. The SMILES string of the molecule is O=c1cnnc(N/N=C/c2cccc(O)c2)[nH]1. The molecule has 0 spiro atoms. The topological polar surface area (TPSA) is 103 Å². The van der Waals surface area contributed by atoms with Gasteiger partial charge in [-0.2, -0.15) is 5.10 Å². The number of nitrogens with one attached hydrogen (secondary N) is 2. The molecule has 0 unspecified atom stereocenters. The molecular formula is C10H9N5O2. The molecule has 7 heteroatoms. The molecule has 0 atom stereocenters. The molecule has 0 amide bonds. The van der Waals surface area contributed by atoms with E-state index in [9.17, 15) is 9.90 Å². The van der Waals surface area contributed by atoms with Crippen LogP contribution in [0.3, 0.4) is 0 Å². The first-order chi connectivity index (χ1) is 8.24. The van der Waals surface area contributed by atoms with Gasteiger partial charge >= 0.3 is 0 Å². The fourth-order valence-corrected chi connectivity index (χ4v) is 1.14. The summed E-state index contributed by atoms with van der Waals surface area (Å²) < 4.78 is 0. The van der Waals surface area contributed by atoms with Gasteiger partial charge in [-0.1, -0.05) is 12.1 Å². The Bertz CT molecular complexity index is 593. The molecule has 7 nitrogen and oxygen atoms in total. The van der Waals surface area contributed by atoms with Crippen LogP contribution in [0.4, 0.5) is 5.95 Å². The quantitative estimate of drug-likeness (QED) is 0.521. The number of aromatic amines is 1. The second-order valence-corrected chi connectivity index (χ2v) is 3.15. The summed E-state index contributed by atoms with van der Waals surface area (Å²) in [4.78, 5) is 13.3. The Morgan fingerprint density at radius 2 is 2.35 bits per heavy atom. The second-order valence-electron chi connectivity index (χ2n) is 3.15. The van der Waals surface area contributed by atoms with Gasteiger partial charge in [0.05, 0.1) is 6.21 Å². The lowest BCUT2D eigenvalue weighted by Crippen LogP contribution is -2.10. The molecule has 2 aromatic rings. The summed E-state index contributed by atoms with van der Waals surface area (Å²) >= 11 is 0. The van der Waals surface area contributed by atoms with Crippen molar-refractivity contribution in [2.75, 3.05) is 5.43 Å². The molecule has 86 valence electrons. The summed E-state index contributed by atoms with van der Waals surface area (Å²) in [5, 5.41) is 20.1. The maximum atomic E-state index is 10.9. The van der Waals surface area contributed by atoms with E-state index in [4.69, 9.17) is 0 Å². The number of phenols is 1. The Balaban J connectivity index is 2.05. The average Bonchev–Trinajstić information content (AvgIpc) is 2.29. The van der Waals surface area contributed by atoms with Gasteiger partial charge in [0.25, 0.3) is 5.56 Å². The zero-order chi connectivity index (χ0) is 12.1. The van der Waals surface area contributed by atoms with Crippen molar-refractivity contribution in [1.29, 1.82) is 0 Å². The minimum atomic E-state index is -0.366. The first-order valence-electron chi connectivity index (χ1n) is 4.74. The normalized spacial score (nSPS) is 10.6. The Hall–Kier alpha value is -2.70. The van der Waals surface area contributed by atoms with Crippen molar-refractivity contribution in [3.8, 4) is 5.75 Å². The van der Waals surface area contributed by atoms with Crippen molar-refractivity contribution in [3.63, 3.8) is 0 Å². The van der Waals surface area contributed by atoms with Crippen LogP contribution in [0.5, 0.6) is 5.75 Å². The van der Waals surface area contributed by atoms with Gasteiger partial charge in [0, 0.05) is 0 Å². The van der Waals surface area contributed by atoms with E-state index in [-0.39, 0.29) is 17.3 Å². The standard InChI is InChI=1S/C10H9N5O2/c16-8-3-1-2-7(4-8)5-11-14-10-13-9(17)6-12-15-10/h1-6,16H,(H2,13,14,15,17)/b11-5+. The van der Waals surface area contributed by atoms with Gasteiger partial charge < -0.3 is 5.11 Å². The number of phenolic OH excluding ortho intramolecular Hbond substituents is 1. The second kappa shape index (κ2) is 4.88. The van der Waals surface area contributed by atoms with Crippen molar-refractivity contribution < 1.29 is 5.11 Å². The van der Waals surface area contributed by atoms with Gasteiger partial charge in [-0.15, -0.1) is 10.2 Å².